The molecule has 2 rings (SSSR count). The van der Waals surface area contributed by atoms with Gasteiger partial charge in [0.1, 0.15) is 0 Å². The fourth-order valence-corrected chi connectivity index (χ4v) is 2.34. The first-order valence-corrected chi connectivity index (χ1v) is 7.70. The molecule has 2 aromatic carbocycles. The topological polar surface area (TPSA) is 75.5 Å². The summed E-state index contributed by atoms with van der Waals surface area (Å²) >= 11 is 0. The maximum atomic E-state index is 12.9. The molecule has 0 fully saturated rings. The van der Waals surface area contributed by atoms with Gasteiger partial charge in [-0.2, -0.15) is 13.2 Å². The molecule has 1 N–H and O–H groups in total. The Labute approximate surface area is 153 Å². The number of nitro groups is 1. The lowest BCUT2D eigenvalue weighted by Crippen LogP contribution is -2.16. The molecule has 0 atom stereocenters. The third-order valence-corrected chi connectivity index (χ3v) is 3.61. The SMILES string of the molecule is CN(C)c1ccc(C(F)(F)F)cc1NC(=O)/C=C/c1ccccc1[N+](=O)[O-]. The summed E-state index contributed by atoms with van der Waals surface area (Å²) in [4.78, 5) is 24.1. The minimum Gasteiger partial charge on any atom is -0.376 e. The van der Waals surface area contributed by atoms with Crippen LogP contribution < -0.4 is 10.2 Å². The minimum absolute atomic E-state index is 0.0213. The van der Waals surface area contributed by atoms with Gasteiger partial charge in [0.2, 0.25) is 5.91 Å². The van der Waals surface area contributed by atoms with E-state index in [-0.39, 0.29) is 16.9 Å². The summed E-state index contributed by atoms with van der Waals surface area (Å²) in [6.07, 6.45) is -2.29. The normalized spacial score (nSPS) is 11.4. The Kier molecular flexibility index (Phi) is 5.84. The van der Waals surface area contributed by atoms with Crippen LogP contribution in [-0.2, 0) is 11.0 Å². The van der Waals surface area contributed by atoms with E-state index in [1.807, 2.05) is 0 Å². The van der Waals surface area contributed by atoms with Crippen LogP contribution in [0, 0.1) is 10.1 Å². The number of amides is 1. The molecule has 27 heavy (non-hydrogen) atoms. The summed E-state index contributed by atoms with van der Waals surface area (Å²) in [5, 5.41) is 13.4. The Balaban J connectivity index is 2.28. The molecule has 0 aliphatic carbocycles. The highest BCUT2D eigenvalue weighted by Crippen LogP contribution is 2.35. The van der Waals surface area contributed by atoms with Crippen molar-refractivity contribution in [2.75, 3.05) is 24.3 Å². The van der Waals surface area contributed by atoms with Crippen molar-refractivity contribution >= 4 is 29.0 Å². The largest absolute Gasteiger partial charge is 0.416 e. The van der Waals surface area contributed by atoms with Crippen molar-refractivity contribution in [1.82, 2.24) is 0 Å². The van der Waals surface area contributed by atoms with E-state index in [2.05, 4.69) is 5.32 Å². The molecule has 0 saturated heterocycles. The first-order valence-electron chi connectivity index (χ1n) is 7.70. The number of hydrogen-bond donors (Lipinski definition) is 1. The monoisotopic (exact) mass is 379 g/mol. The zero-order valence-corrected chi connectivity index (χ0v) is 14.4. The number of para-hydroxylation sites is 1. The maximum absolute atomic E-state index is 12.9. The number of nitrogens with zero attached hydrogens (tertiary/aromatic N) is 2. The van der Waals surface area contributed by atoms with Crippen molar-refractivity contribution in [3.8, 4) is 0 Å². The Morgan fingerprint density at radius 1 is 1.19 bits per heavy atom. The van der Waals surface area contributed by atoms with Crippen molar-refractivity contribution in [1.29, 1.82) is 0 Å². The van der Waals surface area contributed by atoms with Crippen LogP contribution >= 0.6 is 0 Å². The summed E-state index contributed by atoms with van der Waals surface area (Å²) in [7, 11) is 3.25. The second-order valence-electron chi connectivity index (χ2n) is 5.76. The number of nitro benzene ring substituents is 1. The second kappa shape index (κ2) is 7.90. The van der Waals surface area contributed by atoms with Crippen LogP contribution in [0.25, 0.3) is 6.08 Å². The molecule has 0 spiro atoms. The van der Waals surface area contributed by atoms with Gasteiger partial charge in [-0.05, 0) is 30.3 Å². The molecule has 0 saturated carbocycles. The third kappa shape index (κ3) is 5.06. The number of carbonyl (C=O) groups excluding carboxylic acids is 1. The van der Waals surface area contributed by atoms with Gasteiger partial charge >= 0.3 is 6.18 Å². The van der Waals surface area contributed by atoms with Crippen LogP contribution in [0.15, 0.2) is 48.5 Å². The molecule has 6 nitrogen and oxygen atoms in total. The number of benzene rings is 2. The number of nitrogens with one attached hydrogen (secondary N) is 1. The van der Waals surface area contributed by atoms with Gasteiger partial charge in [-0.3, -0.25) is 14.9 Å². The van der Waals surface area contributed by atoms with E-state index in [0.717, 1.165) is 18.2 Å². The van der Waals surface area contributed by atoms with Crippen LogP contribution in [0.1, 0.15) is 11.1 Å². The van der Waals surface area contributed by atoms with Crippen LogP contribution in [0.5, 0.6) is 0 Å². The van der Waals surface area contributed by atoms with Gasteiger partial charge in [0.15, 0.2) is 0 Å². The number of hydrogen-bond acceptors (Lipinski definition) is 4. The lowest BCUT2D eigenvalue weighted by atomic mass is 10.1. The molecule has 9 heteroatoms. The average molecular weight is 379 g/mol. The molecule has 0 aliphatic heterocycles. The third-order valence-electron chi connectivity index (χ3n) is 3.61. The van der Waals surface area contributed by atoms with E-state index < -0.39 is 22.6 Å². The van der Waals surface area contributed by atoms with E-state index in [1.165, 1.54) is 30.3 Å². The molecule has 0 aromatic heterocycles. The Bertz CT molecular complexity index is 893. The van der Waals surface area contributed by atoms with Crippen molar-refractivity contribution in [2.24, 2.45) is 0 Å². The number of alkyl halides is 3. The minimum atomic E-state index is -4.55. The quantitative estimate of drug-likeness (QED) is 0.477. The summed E-state index contributed by atoms with van der Waals surface area (Å²) in [6, 6.07) is 8.82. The maximum Gasteiger partial charge on any atom is 0.416 e. The van der Waals surface area contributed by atoms with E-state index in [4.69, 9.17) is 0 Å². The van der Waals surface area contributed by atoms with Gasteiger partial charge in [-0.1, -0.05) is 12.1 Å². The molecule has 2 aromatic rings. The molecule has 0 aliphatic rings. The standard InChI is InChI=1S/C18H16F3N3O3/c1-23(2)16-9-8-13(18(19,20)21)11-14(16)22-17(25)10-7-12-5-3-4-6-15(12)24(26)27/h3-11H,1-2H3,(H,22,25)/b10-7+. The van der Waals surface area contributed by atoms with E-state index in [9.17, 15) is 28.1 Å². The van der Waals surface area contributed by atoms with Crippen LogP contribution in [0.2, 0.25) is 0 Å². The van der Waals surface area contributed by atoms with Gasteiger partial charge in [0.25, 0.3) is 5.69 Å². The van der Waals surface area contributed by atoms with Crippen molar-refractivity contribution in [3.05, 3.63) is 69.8 Å². The van der Waals surface area contributed by atoms with E-state index in [0.29, 0.717) is 5.69 Å². The Hall–Kier alpha value is -3.36. The Morgan fingerprint density at radius 3 is 2.44 bits per heavy atom. The van der Waals surface area contributed by atoms with Crippen molar-refractivity contribution < 1.29 is 22.9 Å². The van der Waals surface area contributed by atoms with Gasteiger partial charge in [-0.25, -0.2) is 0 Å². The lowest BCUT2D eigenvalue weighted by molar-refractivity contribution is -0.385. The zero-order chi connectivity index (χ0) is 20.2. The van der Waals surface area contributed by atoms with Gasteiger partial charge in [0.05, 0.1) is 27.4 Å². The molecular weight excluding hydrogens is 363 g/mol. The van der Waals surface area contributed by atoms with E-state index in [1.54, 1.807) is 25.1 Å². The van der Waals surface area contributed by atoms with Crippen LogP contribution in [0.3, 0.4) is 0 Å². The van der Waals surface area contributed by atoms with Gasteiger partial charge in [0, 0.05) is 26.2 Å². The summed E-state index contributed by atoms with van der Waals surface area (Å²) < 4.78 is 38.8. The van der Waals surface area contributed by atoms with Crippen LogP contribution in [-0.4, -0.2) is 24.9 Å². The molecule has 0 heterocycles. The molecule has 0 unspecified atom stereocenters. The van der Waals surface area contributed by atoms with Crippen LogP contribution in [0.4, 0.5) is 30.2 Å². The molecule has 0 radical (unpaired) electrons. The fraction of sp³-hybridized carbons (Fsp3) is 0.167. The smallest absolute Gasteiger partial charge is 0.376 e. The number of carbonyl (C=O) groups is 1. The lowest BCUT2D eigenvalue weighted by Gasteiger charge is -2.19. The summed E-state index contributed by atoms with van der Waals surface area (Å²) in [5.41, 5.74) is -0.516. The number of rotatable bonds is 5. The van der Waals surface area contributed by atoms with E-state index >= 15 is 0 Å². The van der Waals surface area contributed by atoms with Crippen molar-refractivity contribution in [3.63, 3.8) is 0 Å². The predicted molar refractivity (Wildman–Crippen MR) is 96.5 cm³/mol. The summed E-state index contributed by atoms with van der Waals surface area (Å²) in [5.74, 6) is -0.712. The average Bonchev–Trinajstić information content (AvgIpc) is 2.59. The predicted octanol–water partition coefficient (Wildman–Crippen LogP) is 4.33. The number of anilines is 2. The van der Waals surface area contributed by atoms with Gasteiger partial charge < -0.3 is 10.2 Å². The second-order valence-corrected chi connectivity index (χ2v) is 5.76. The zero-order valence-electron chi connectivity index (χ0n) is 14.4. The van der Waals surface area contributed by atoms with Crippen molar-refractivity contribution in [2.45, 2.75) is 6.18 Å². The number of halogens is 3. The highest BCUT2D eigenvalue weighted by molar-refractivity contribution is 6.04. The molecule has 142 valence electrons. The first-order chi connectivity index (χ1) is 12.6. The van der Waals surface area contributed by atoms with Gasteiger partial charge in [-0.15, -0.1) is 0 Å². The highest BCUT2D eigenvalue weighted by Gasteiger charge is 2.31. The molecule has 1 amide bonds. The highest BCUT2D eigenvalue weighted by atomic mass is 19.4. The molecular formula is C18H16F3N3O3. The fourth-order valence-electron chi connectivity index (χ4n) is 2.34. The first kappa shape index (κ1) is 20.0. The molecule has 0 bridgehead atoms. The summed E-state index contributed by atoms with van der Waals surface area (Å²) in [6.45, 7) is 0. The Morgan fingerprint density at radius 2 is 1.85 bits per heavy atom.